The fourth-order valence-corrected chi connectivity index (χ4v) is 2.77. The van der Waals surface area contributed by atoms with E-state index in [4.69, 9.17) is 4.99 Å². The van der Waals surface area contributed by atoms with E-state index in [1.165, 1.54) is 36.6 Å². The highest BCUT2D eigenvalue weighted by Gasteiger charge is 2.19. The van der Waals surface area contributed by atoms with Crippen LogP contribution in [-0.4, -0.2) is 23.0 Å². The molecule has 2 nitrogen and oxygen atoms in total. The first kappa shape index (κ1) is 8.42. The smallest absolute Gasteiger partial charge is 0.157 e. The van der Waals surface area contributed by atoms with Gasteiger partial charge >= 0.3 is 0 Å². The standard InChI is InChI=1S/C9H16N2S/c1-7-6-12-9(10-7)11-8-4-2-3-5-8/h7-8H,2-6H2,1H3,(H,10,11). The zero-order valence-corrected chi connectivity index (χ0v) is 8.36. The largest absolute Gasteiger partial charge is 0.362 e. The van der Waals surface area contributed by atoms with Crippen molar-refractivity contribution in [3.05, 3.63) is 0 Å². The molecular weight excluding hydrogens is 168 g/mol. The van der Waals surface area contributed by atoms with Crippen molar-refractivity contribution in [1.29, 1.82) is 0 Å². The number of nitrogens with one attached hydrogen (secondary N) is 1. The molecule has 2 aliphatic rings. The lowest BCUT2D eigenvalue weighted by Crippen LogP contribution is -2.24. The Morgan fingerprint density at radius 3 is 2.75 bits per heavy atom. The average molecular weight is 184 g/mol. The van der Waals surface area contributed by atoms with Crippen LogP contribution in [-0.2, 0) is 0 Å². The topological polar surface area (TPSA) is 24.4 Å². The zero-order chi connectivity index (χ0) is 8.39. The Bertz CT molecular complexity index is 185. The molecule has 2 rings (SSSR count). The van der Waals surface area contributed by atoms with Crippen molar-refractivity contribution >= 4 is 16.9 Å². The molecule has 1 saturated carbocycles. The lowest BCUT2D eigenvalue weighted by atomic mass is 10.3. The summed E-state index contributed by atoms with van der Waals surface area (Å²) in [6, 6.07) is 1.25. The Hall–Kier alpha value is -0.180. The summed E-state index contributed by atoms with van der Waals surface area (Å²) in [4.78, 5) is 4.69. The number of aliphatic imine (C=N–C) groups is 1. The predicted octanol–water partition coefficient (Wildman–Crippen LogP) is 2.01. The van der Waals surface area contributed by atoms with Crippen LogP contribution in [0.5, 0.6) is 0 Å². The minimum Gasteiger partial charge on any atom is -0.362 e. The van der Waals surface area contributed by atoms with E-state index in [1.54, 1.807) is 0 Å². The van der Waals surface area contributed by atoms with Gasteiger partial charge in [0.1, 0.15) is 0 Å². The molecule has 0 aromatic rings. The quantitative estimate of drug-likeness (QED) is 0.674. The average Bonchev–Trinajstić information content (AvgIpc) is 2.63. The number of hydrogen-bond acceptors (Lipinski definition) is 2. The summed E-state index contributed by atoms with van der Waals surface area (Å²) in [5.41, 5.74) is 0. The Labute approximate surface area is 78.2 Å². The first-order valence-corrected chi connectivity index (χ1v) is 5.80. The second-order valence-corrected chi connectivity index (χ2v) is 4.74. The minimum absolute atomic E-state index is 0.621. The molecule has 1 saturated heterocycles. The van der Waals surface area contributed by atoms with Gasteiger partial charge in [0.2, 0.25) is 0 Å². The van der Waals surface area contributed by atoms with Crippen LogP contribution in [0.1, 0.15) is 32.6 Å². The first-order valence-electron chi connectivity index (χ1n) is 4.82. The van der Waals surface area contributed by atoms with Crippen LogP contribution in [0.3, 0.4) is 0 Å². The van der Waals surface area contributed by atoms with Gasteiger partial charge in [-0.15, -0.1) is 0 Å². The van der Waals surface area contributed by atoms with Crippen LogP contribution in [0.15, 0.2) is 4.99 Å². The van der Waals surface area contributed by atoms with E-state index in [1.807, 2.05) is 11.8 Å². The molecule has 0 spiro atoms. The molecule has 0 radical (unpaired) electrons. The fourth-order valence-electron chi connectivity index (χ4n) is 1.77. The number of rotatable bonds is 1. The maximum Gasteiger partial charge on any atom is 0.157 e. The van der Waals surface area contributed by atoms with E-state index in [-0.39, 0.29) is 0 Å². The van der Waals surface area contributed by atoms with Crippen LogP contribution in [0.2, 0.25) is 0 Å². The van der Waals surface area contributed by atoms with Gasteiger partial charge in [0.15, 0.2) is 5.17 Å². The SMILES string of the molecule is CC1CSC(=NC2CCCC2)N1. The first-order chi connectivity index (χ1) is 5.84. The van der Waals surface area contributed by atoms with Crippen molar-refractivity contribution in [3.8, 4) is 0 Å². The second-order valence-electron chi connectivity index (χ2n) is 3.73. The summed E-state index contributed by atoms with van der Waals surface area (Å²) < 4.78 is 0. The normalized spacial score (nSPS) is 34.4. The second kappa shape index (κ2) is 3.69. The molecule has 0 amide bonds. The van der Waals surface area contributed by atoms with Gasteiger partial charge in [-0.1, -0.05) is 24.6 Å². The maximum atomic E-state index is 4.69. The highest BCUT2D eigenvalue weighted by molar-refractivity contribution is 8.14. The van der Waals surface area contributed by atoms with Crippen molar-refractivity contribution in [1.82, 2.24) is 5.32 Å². The van der Waals surface area contributed by atoms with Gasteiger partial charge in [-0.3, -0.25) is 4.99 Å². The molecular formula is C9H16N2S. The van der Waals surface area contributed by atoms with Gasteiger partial charge in [0.25, 0.3) is 0 Å². The monoisotopic (exact) mass is 184 g/mol. The van der Waals surface area contributed by atoms with Gasteiger partial charge in [-0.25, -0.2) is 0 Å². The molecule has 12 heavy (non-hydrogen) atoms. The van der Waals surface area contributed by atoms with Crippen LogP contribution in [0.25, 0.3) is 0 Å². The van der Waals surface area contributed by atoms with Crippen molar-refractivity contribution in [2.45, 2.75) is 44.7 Å². The molecule has 0 aromatic carbocycles. The van der Waals surface area contributed by atoms with Crippen molar-refractivity contribution in [2.75, 3.05) is 5.75 Å². The summed E-state index contributed by atoms with van der Waals surface area (Å²) in [5, 5.41) is 4.58. The summed E-state index contributed by atoms with van der Waals surface area (Å²) in [5.74, 6) is 1.19. The Morgan fingerprint density at radius 2 is 2.17 bits per heavy atom. The lowest BCUT2D eigenvalue weighted by molar-refractivity contribution is 0.694. The van der Waals surface area contributed by atoms with E-state index in [0.717, 1.165) is 0 Å². The van der Waals surface area contributed by atoms with E-state index in [2.05, 4.69) is 12.2 Å². The van der Waals surface area contributed by atoms with Crippen molar-refractivity contribution in [2.24, 2.45) is 4.99 Å². The number of thioether (sulfide) groups is 1. The summed E-state index contributed by atoms with van der Waals surface area (Å²) in [7, 11) is 0. The third-order valence-corrected chi connectivity index (χ3v) is 3.63. The number of hydrogen-bond donors (Lipinski definition) is 1. The van der Waals surface area contributed by atoms with E-state index in [9.17, 15) is 0 Å². The highest BCUT2D eigenvalue weighted by atomic mass is 32.2. The third-order valence-electron chi connectivity index (χ3n) is 2.46. The molecule has 68 valence electrons. The van der Waals surface area contributed by atoms with Crippen LogP contribution >= 0.6 is 11.8 Å². The molecule has 1 heterocycles. The molecule has 1 N–H and O–H groups in total. The van der Waals surface area contributed by atoms with Crippen molar-refractivity contribution < 1.29 is 0 Å². The van der Waals surface area contributed by atoms with E-state index >= 15 is 0 Å². The maximum absolute atomic E-state index is 4.69. The number of nitrogens with zero attached hydrogens (tertiary/aromatic N) is 1. The fraction of sp³-hybridized carbons (Fsp3) is 0.889. The van der Waals surface area contributed by atoms with E-state index < -0.39 is 0 Å². The molecule has 0 bridgehead atoms. The van der Waals surface area contributed by atoms with Gasteiger partial charge in [0, 0.05) is 11.8 Å². The number of amidine groups is 1. The Morgan fingerprint density at radius 1 is 1.42 bits per heavy atom. The van der Waals surface area contributed by atoms with Crippen LogP contribution in [0.4, 0.5) is 0 Å². The van der Waals surface area contributed by atoms with E-state index in [0.29, 0.717) is 12.1 Å². The summed E-state index contributed by atoms with van der Waals surface area (Å²) >= 11 is 1.88. The van der Waals surface area contributed by atoms with Gasteiger partial charge < -0.3 is 5.32 Å². The van der Waals surface area contributed by atoms with Crippen LogP contribution < -0.4 is 5.32 Å². The van der Waals surface area contributed by atoms with Crippen molar-refractivity contribution in [3.63, 3.8) is 0 Å². The predicted molar refractivity (Wildman–Crippen MR) is 54.7 cm³/mol. The third kappa shape index (κ3) is 1.94. The minimum atomic E-state index is 0.621. The molecule has 1 aliphatic heterocycles. The summed E-state index contributed by atoms with van der Waals surface area (Å²) in [6.45, 7) is 2.21. The molecule has 1 aliphatic carbocycles. The molecule has 1 atom stereocenters. The highest BCUT2D eigenvalue weighted by Crippen LogP contribution is 2.23. The molecule has 1 unspecified atom stereocenters. The molecule has 3 heteroatoms. The van der Waals surface area contributed by atoms with Crippen LogP contribution in [0, 0.1) is 0 Å². The van der Waals surface area contributed by atoms with Gasteiger partial charge in [-0.05, 0) is 19.8 Å². The summed E-state index contributed by atoms with van der Waals surface area (Å²) in [6.07, 6.45) is 5.36. The lowest BCUT2D eigenvalue weighted by Gasteiger charge is -2.04. The Kier molecular flexibility index (Phi) is 2.59. The molecule has 0 aromatic heterocycles. The van der Waals surface area contributed by atoms with Gasteiger partial charge in [-0.2, -0.15) is 0 Å². The zero-order valence-electron chi connectivity index (χ0n) is 7.55. The Balaban J connectivity index is 1.90. The van der Waals surface area contributed by atoms with Gasteiger partial charge in [0.05, 0.1) is 6.04 Å². The molecule has 2 fully saturated rings.